The summed E-state index contributed by atoms with van der Waals surface area (Å²) in [6.45, 7) is 5.38. The van der Waals surface area contributed by atoms with Crippen molar-refractivity contribution in [3.63, 3.8) is 0 Å². The molecule has 0 aliphatic rings. The lowest BCUT2D eigenvalue weighted by Crippen LogP contribution is -2.34. The first-order chi connectivity index (χ1) is 8.13. The molecule has 1 aromatic carbocycles. The quantitative estimate of drug-likeness (QED) is 0.725. The summed E-state index contributed by atoms with van der Waals surface area (Å²) in [5, 5.41) is 5.55. The minimum atomic E-state index is -0.0166. The van der Waals surface area contributed by atoms with Gasteiger partial charge in [-0.2, -0.15) is 0 Å². The Morgan fingerprint density at radius 2 is 2.12 bits per heavy atom. The van der Waals surface area contributed by atoms with Crippen LogP contribution in [-0.2, 0) is 4.79 Å². The first-order valence-corrected chi connectivity index (χ1v) is 5.75. The maximum Gasteiger partial charge on any atom is 0.234 e. The number of hydrogen-bond donors (Lipinski definition) is 2. The molecule has 2 N–H and O–H groups in total. The van der Waals surface area contributed by atoms with Crippen LogP contribution in [-0.4, -0.2) is 32.7 Å². The molecule has 4 heteroatoms. The SMILES string of the molecule is CNCC(=O)NCCOc1cc(C)ccc1C. The molecular weight excluding hydrogens is 216 g/mol. The smallest absolute Gasteiger partial charge is 0.234 e. The van der Waals surface area contributed by atoms with Crippen LogP contribution in [0.5, 0.6) is 5.75 Å². The number of likely N-dealkylation sites (N-methyl/N-ethyl adjacent to an activating group) is 1. The van der Waals surface area contributed by atoms with Gasteiger partial charge in [-0.15, -0.1) is 0 Å². The van der Waals surface area contributed by atoms with E-state index in [1.807, 2.05) is 26.0 Å². The third-order valence-electron chi connectivity index (χ3n) is 2.36. The lowest BCUT2D eigenvalue weighted by molar-refractivity contribution is -0.120. The minimum absolute atomic E-state index is 0.0166. The van der Waals surface area contributed by atoms with Crippen LogP contribution in [0.2, 0.25) is 0 Å². The number of nitrogens with one attached hydrogen (secondary N) is 2. The molecule has 17 heavy (non-hydrogen) atoms. The van der Waals surface area contributed by atoms with Gasteiger partial charge < -0.3 is 15.4 Å². The van der Waals surface area contributed by atoms with Crippen molar-refractivity contribution in [2.75, 3.05) is 26.7 Å². The molecule has 1 amide bonds. The summed E-state index contributed by atoms with van der Waals surface area (Å²) in [4.78, 5) is 11.1. The highest BCUT2D eigenvalue weighted by Crippen LogP contribution is 2.18. The zero-order valence-corrected chi connectivity index (χ0v) is 10.7. The summed E-state index contributed by atoms with van der Waals surface area (Å²) in [5.41, 5.74) is 2.28. The van der Waals surface area contributed by atoms with E-state index in [9.17, 15) is 4.79 Å². The Hall–Kier alpha value is -1.55. The van der Waals surface area contributed by atoms with Crippen molar-refractivity contribution in [3.8, 4) is 5.75 Å². The van der Waals surface area contributed by atoms with E-state index in [0.717, 1.165) is 11.3 Å². The molecule has 0 spiro atoms. The lowest BCUT2D eigenvalue weighted by atomic mass is 10.1. The summed E-state index contributed by atoms with van der Waals surface area (Å²) >= 11 is 0. The second kappa shape index (κ2) is 6.91. The lowest BCUT2D eigenvalue weighted by Gasteiger charge is -2.10. The predicted octanol–water partition coefficient (Wildman–Crippen LogP) is 1.02. The van der Waals surface area contributed by atoms with E-state index in [0.29, 0.717) is 19.7 Å². The monoisotopic (exact) mass is 236 g/mol. The molecule has 0 radical (unpaired) electrons. The van der Waals surface area contributed by atoms with Crippen LogP contribution in [0, 0.1) is 13.8 Å². The van der Waals surface area contributed by atoms with E-state index in [-0.39, 0.29) is 5.91 Å². The Kier molecular flexibility index (Phi) is 5.49. The van der Waals surface area contributed by atoms with E-state index in [4.69, 9.17) is 4.74 Å². The van der Waals surface area contributed by atoms with Gasteiger partial charge in [0.25, 0.3) is 0 Å². The van der Waals surface area contributed by atoms with Crippen molar-refractivity contribution >= 4 is 5.91 Å². The van der Waals surface area contributed by atoms with Gasteiger partial charge in [0, 0.05) is 0 Å². The predicted molar refractivity (Wildman–Crippen MR) is 68.3 cm³/mol. The number of rotatable bonds is 6. The van der Waals surface area contributed by atoms with Crippen LogP contribution in [0.4, 0.5) is 0 Å². The maximum absolute atomic E-state index is 11.1. The topological polar surface area (TPSA) is 50.4 Å². The van der Waals surface area contributed by atoms with Crippen molar-refractivity contribution in [3.05, 3.63) is 29.3 Å². The third-order valence-corrected chi connectivity index (χ3v) is 2.36. The first-order valence-electron chi connectivity index (χ1n) is 5.75. The Bertz CT molecular complexity index is 378. The van der Waals surface area contributed by atoms with Crippen molar-refractivity contribution < 1.29 is 9.53 Å². The molecule has 0 aliphatic carbocycles. The Labute approximate surface area is 102 Å². The zero-order valence-electron chi connectivity index (χ0n) is 10.7. The highest BCUT2D eigenvalue weighted by molar-refractivity contribution is 5.77. The Morgan fingerprint density at radius 1 is 1.35 bits per heavy atom. The average Bonchev–Trinajstić information content (AvgIpc) is 2.29. The van der Waals surface area contributed by atoms with Gasteiger partial charge in [-0.1, -0.05) is 12.1 Å². The molecule has 94 valence electrons. The largest absolute Gasteiger partial charge is 0.491 e. The van der Waals surface area contributed by atoms with Crippen LogP contribution in [0.15, 0.2) is 18.2 Å². The molecule has 0 saturated heterocycles. The van der Waals surface area contributed by atoms with Gasteiger partial charge in [-0.3, -0.25) is 4.79 Å². The molecular formula is C13H20N2O2. The van der Waals surface area contributed by atoms with Crippen LogP contribution in [0.3, 0.4) is 0 Å². The van der Waals surface area contributed by atoms with Gasteiger partial charge >= 0.3 is 0 Å². The van der Waals surface area contributed by atoms with E-state index in [2.05, 4.69) is 16.7 Å². The summed E-state index contributed by atoms with van der Waals surface area (Å²) in [5.74, 6) is 0.866. The number of benzene rings is 1. The molecule has 0 saturated carbocycles. The minimum Gasteiger partial charge on any atom is -0.491 e. The standard InChI is InChI=1S/C13H20N2O2/c1-10-4-5-11(2)12(8-10)17-7-6-15-13(16)9-14-3/h4-5,8,14H,6-7,9H2,1-3H3,(H,15,16). The summed E-state index contributed by atoms with van der Waals surface area (Å²) in [7, 11) is 1.74. The normalized spacial score (nSPS) is 10.1. The molecule has 0 aliphatic heterocycles. The van der Waals surface area contributed by atoms with Gasteiger partial charge in [-0.05, 0) is 38.1 Å². The maximum atomic E-state index is 11.1. The van der Waals surface area contributed by atoms with Crippen molar-refractivity contribution in [1.29, 1.82) is 0 Å². The van der Waals surface area contributed by atoms with Gasteiger partial charge in [0.2, 0.25) is 5.91 Å². The molecule has 1 aromatic rings. The van der Waals surface area contributed by atoms with E-state index >= 15 is 0 Å². The Balaban J connectivity index is 2.31. The molecule has 0 unspecified atom stereocenters. The van der Waals surface area contributed by atoms with Crippen LogP contribution < -0.4 is 15.4 Å². The fourth-order valence-corrected chi connectivity index (χ4v) is 1.44. The van der Waals surface area contributed by atoms with Crippen LogP contribution >= 0.6 is 0 Å². The molecule has 4 nitrogen and oxygen atoms in total. The molecule has 0 fully saturated rings. The zero-order chi connectivity index (χ0) is 12.7. The van der Waals surface area contributed by atoms with E-state index in [1.54, 1.807) is 7.05 Å². The van der Waals surface area contributed by atoms with Crippen molar-refractivity contribution in [2.45, 2.75) is 13.8 Å². The summed E-state index contributed by atoms with van der Waals surface area (Å²) in [6.07, 6.45) is 0. The first kappa shape index (κ1) is 13.5. The van der Waals surface area contributed by atoms with Crippen LogP contribution in [0.1, 0.15) is 11.1 Å². The number of hydrogen-bond acceptors (Lipinski definition) is 3. The second-order valence-electron chi connectivity index (χ2n) is 4.00. The summed E-state index contributed by atoms with van der Waals surface area (Å²) < 4.78 is 5.61. The number of aryl methyl sites for hydroxylation is 2. The van der Waals surface area contributed by atoms with Gasteiger partial charge in [-0.25, -0.2) is 0 Å². The van der Waals surface area contributed by atoms with Crippen molar-refractivity contribution in [2.24, 2.45) is 0 Å². The molecule has 0 bridgehead atoms. The highest BCUT2D eigenvalue weighted by Gasteiger charge is 2.01. The fourth-order valence-electron chi connectivity index (χ4n) is 1.44. The molecule has 0 aromatic heterocycles. The number of carbonyl (C=O) groups excluding carboxylic acids is 1. The van der Waals surface area contributed by atoms with Crippen LogP contribution in [0.25, 0.3) is 0 Å². The average molecular weight is 236 g/mol. The number of carbonyl (C=O) groups is 1. The van der Waals surface area contributed by atoms with Gasteiger partial charge in [0.1, 0.15) is 12.4 Å². The van der Waals surface area contributed by atoms with E-state index in [1.165, 1.54) is 5.56 Å². The van der Waals surface area contributed by atoms with E-state index < -0.39 is 0 Å². The third kappa shape index (κ3) is 4.87. The number of ether oxygens (including phenoxy) is 1. The molecule has 0 heterocycles. The highest BCUT2D eigenvalue weighted by atomic mass is 16.5. The fraction of sp³-hybridized carbons (Fsp3) is 0.462. The molecule has 1 rings (SSSR count). The van der Waals surface area contributed by atoms with Crippen molar-refractivity contribution in [1.82, 2.24) is 10.6 Å². The number of amides is 1. The van der Waals surface area contributed by atoms with Gasteiger partial charge in [0.05, 0.1) is 13.1 Å². The summed E-state index contributed by atoms with van der Waals surface area (Å²) in [6, 6.07) is 6.09. The van der Waals surface area contributed by atoms with Gasteiger partial charge in [0.15, 0.2) is 0 Å². The Morgan fingerprint density at radius 3 is 2.82 bits per heavy atom. The second-order valence-corrected chi connectivity index (χ2v) is 4.00. The molecule has 0 atom stereocenters.